The van der Waals surface area contributed by atoms with Gasteiger partial charge in [-0.2, -0.15) is 0 Å². The van der Waals surface area contributed by atoms with E-state index in [9.17, 15) is 0 Å². The highest BCUT2D eigenvalue weighted by molar-refractivity contribution is 6.30. The van der Waals surface area contributed by atoms with Crippen molar-refractivity contribution in [3.05, 3.63) is 47.5 Å². The lowest BCUT2D eigenvalue weighted by Gasteiger charge is -2.25. The molecular weight excluding hydrogens is 286 g/mol. The van der Waals surface area contributed by atoms with Gasteiger partial charge in [0.25, 0.3) is 0 Å². The summed E-state index contributed by atoms with van der Waals surface area (Å²) in [6.45, 7) is 5.15. The fourth-order valence-corrected chi connectivity index (χ4v) is 2.61. The Morgan fingerprint density at radius 1 is 1.43 bits per heavy atom. The van der Waals surface area contributed by atoms with Gasteiger partial charge in [-0.25, -0.2) is 4.98 Å². The number of nitrogens with one attached hydrogen (secondary N) is 1. The number of aryl methyl sites for hydroxylation is 1. The number of hydrogen-bond acceptors (Lipinski definition) is 3. The molecule has 1 heterocycles. The molecule has 2 atom stereocenters. The third-order valence-electron chi connectivity index (χ3n) is 3.39. The van der Waals surface area contributed by atoms with Crippen LogP contribution in [-0.2, 0) is 6.54 Å². The minimum atomic E-state index is -0.0635. The first-order valence-electron chi connectivity index (χ1n) is 7.26. The highest BCUT2D eigenvalue weighted by atomic mass is 35.5. The van der Waals surface area contributed by atoms with Gasteiger partial charge in [0.15, 0.2) is 0 Å². The second-order valence-corrected chi connectivity index (χ2v) is 5.46. The standard InChI is InChI=1S/C16H22ClN3O/c1-4-9-20-10-8-19-16(20)15(18-3)12(2)21-14-7-5-6-13(17)11-14/h5-8,10-12,15,18H,4,9H2,1-3H3. The van der Waals surface area contributed by atoms with Crippen molar-refractivity contribution in [3.8, 4) is 5.75 Å². The molecule has 4 nitrogen and oxygen atoms in total. The Balaban J connectivity index is 2.14. The fraction of sp³-hybridized carbons (Fsp3) is 0.438. The molecule has 0 bridgehead atoms. The number of benzene rings is 1. The molecule has 0 aliphatic heterocycles. The minimum absolute atomic E-state index is 0.0190. The predicted octanol–water partition coefficient (Wildman–Crippen LogP) is 3.67. The number of likely N-dealkylation sites (N-methyl/N-ethyl adjacent to an activating group) is 1. The van der Waals surface area contributed by atoms with Crippen molar-refractivity contribution in [2.45, 2.75) is 39.0 Å². The van der Waals surface area contributed by atoms with Crippen LogP contribution in [0.2, 0.25) is 5.02 Å². The van der Waals surface area contributed by atoms with Crippen LogP contribution in [0, 0.1) is 0 Å². The van der Waals surface area contributed by atoms with Crippen LogP contribution in [0.25, 0.3) is 0 Å². The van der Waals surface area contributed by atoms with Crippen molar-refractivity contribution in [1.82, 2.24) is 14.9 Å². The zero-order chi connectivity index (χ0) is 15.2. The number of nitrogens with zero attached hydrogens (tertiary/aromatic N) is 2. The summed E-state index contributed by atoms with van der Waals surface area (Å²) in [7, 11) is 1.92. The monoisotopic (exact) mass is 307 g/mol. The smallest absolute Gasteiger partial charge is 0.129 e. The highest BCUT2D eigenvalue weighted by Crippen LogP contribution is 2.23. The fourth-order valence-electron chi connectivity index (χ4n) is 2.43. The maximum Gasteiger partial charge on any atom is 0.129 e. The third-order valence-corrected chi connectivity index (χ3v) is 3.62. The van der Waals surface area contributed by atoms with Crippen LogP contribution in [0.3, 0.4) is 0 Å². The van der Waals surface area contributed by atoms with Crippen LogP contribution in [0.5, 0.6) is 5.75 Å². The van der Waals surface area contributed by atoms with E-state index in [4.69, 9.17) is 16.3 Å². The maximum atomic E-state index is 6.00. The molecule has 1 N–H and O–H groups in total. The van der Waals surface area contributed by atoms with Crippen molar-refractivity contribution >= 4 is 11.6 Å². The van der Waals surface area contributed by atoms with Gasteiger partial charge in [0.2, 0.25) is 0 Å². The van der Waals surface area contributed by atoms with E-state index >= 15 is 0 Å². The molecular formula is C16H22ClN3O. The first kappa shape index (κ1) is 15.9. The van der Waals surface area contributed by atoms with Crippen LogP contribution >= 0.6 is 11.6 Å². The lowest BCUT2D eigenvalue weighted by atomic mass is 10.1. The molecule has 1 aromatic carbocycles. The topological polar surface area (TPSA) is 39.1 Å². The Kier molecular flexibility index (Phi) is 5.65. The molecule has 0 spiro atoms. The van der Waals surface area contributed by atoms with Gasteiger partial charge in [-0.3, -0.25) is 0 Å². The maximum absolute atomic E-state index is 6.00. The summed E-state index contributed by atoms with van der Waals surface area (Å²) in [5, 5.41) is 3.97. The zero-order valence-corrected chi connectivity index (χ0v) is 13.5. The van der Waals surface area contributed by atoms with Gasteiger partial charge in [0.05, 0.1) is 0 Å². The van der Waals surface area contributed by atoms with Crippen LogP contribution in [0.4, 0.5) is 0 Å². The van der Waals surface area contributed by atoms with Gasteiger partial charge in [0.1, 0.15) is 23.7 Å². The first-order chi connectivity index (χ1) is 10.2. The van der Waals surface area contributed by atoms with E-state index in [1.807, 2.05) is 50.6 Å². The van der Waals surface area contributed by atoms with Gasteiger partial charge >= 0.3 is 0 Å². The largest absolute Gasteiger partial charge is 0.489 e. The molecule has 0 saturated carbocycles. The molecule has 21 heavy (non-hydrogen) atoms. The van der Waals surface area contributed by atoms with E-state index in [1.165, 1.54) is 0 Å². The zero-order valence-electron chi connectivity index (χ0n) is 12.7. The second kappa shape index (κ2) is 7.48. The Bertz CT molecular complexity index is 570. The number of ether oxygens (including phenoxy) is 1. The quantitative estimate of drug-likeness (QED) is 0.848. The molecule has 2 aromatic rings. The molecule has 0 fully saturated rings. The normalized spacial score (nSPS) is 13.9. The van der Waals surface area contributed by atoms with Crippen LogP contribution < -0.4 is 10.1 Å². The summed E-state index contributed by atoms with van der Waals surface area (Å²) >= 11 is 6.00. The molecule has 114 valence electrons. The summed E-state index contributed by atoms with van der Waals surface area (Å²) in [6, 6.07) is 7.47. The third kappa shape index (κ3) is 3.99. The summed E-state index contributed by atoms with van der Waals surface area (Å²) in [5.74, 6) is 1.76. The Morgan fingerprint density at radius 2 is 2.24 bits per heavy atom. The predicted molar refractivity (Wildman–Crippen MR) is 85.9 cm³/mol. The Hall–Kier alpha value is -1.52. The summed E-state index contributed by atoms with van der Waals surface area (Å²) < 4.78 is 8.17. The summed E-state index contributed by atoms with van der Waals surface area (Å²) in [6.07, 6.45) is 4.85. The molecule has 1 aromatic heterocycles. The van der Waals surface area contributed by atoms with Gasteiger partial charge in [-0.1, -0.05) is 24.6 Å². The number of aromatic nitrogens is 2. The average Bonchev–Trinajstić information content (AvgIpc) is 2.88. The molecule has 0 aliphatic carbocycles. The van der Waals surface area contributed by atoms with E-state index < -0.39 is 0 Å². The van der Waals surface area contributed by atoms with Crippen molar-refractivity contribution in [2.75, 3.05) is 7.05 Å². The second-order valence-electron chi connectivity index (χ2n) is 5.03. The van der Waals surface area contributed by atoms with E-state index in [1.54, 1.807) is 0 Å². The average molecular weight is 308 g/mol. The number of halogens is 1. The minimum Gasteiger partial charge on any atom is -0.489 e. The molecule has 0 amide bonds. The van der Waals surface area contributed by atoms with Crippen molar-refractivity contribution < 1.29 is 4.74 Å². The van der Waals surface area contributed by atoms with Crippen molar-refractivity contribution in [1.29, 1.82) is 0 Å². The Morgan fingerprint density at radius 3 is 2.90 bits per heavy atom. The molecule has 5 heteroatoms. The van der Waals surface area contributed by atoms with Crippen LogP contribution in [0.1, 0.15) is 32.1 Å². The molecule has 0 aliphatic rings. The summed E-state index contributed by atoms with van der Waals surface area (Å²) in [5.41, 5.74) is 0. The number of rotatable bonds is 7. The van der Waals surface area contributed by atoms with Gasteiger partial charge in [-0.15, -0.1) is 0 Å². The van der Waals surface area contributed by atoms with Gasteiger partial charge in [0, 0.05) is 24.0 Å². The highest BCUT2D eigenvalue weighted by Gasteiger charge is 2.23. The lowest BCUT2D eigenvalue weighted by Crippen LogP contribution is -2.33. The van der Waals surface area contributed by atoms with Crippen LogP contribution in [0.15, 0.2) is 36.7 Å². The van der Waals surface area contributed by atoms with Gasteiger partial charge < -0.3 is 14.6 Å². The van der Waals surface area contributed by atoms with E-state index in [0.717, 1.165) is 24.5 Å². The SMILES string of the molecule is CCCn1ccnc1C(NC)C(C)Oc1cccc(Cl)c1. The van der Waals surface area contributed by atoms with E-state index in [-0.39, 0.29) is 12.1 Å². The number of imidazole rings is 1. The lowest BCUT2D eigenvalue weighted by molar-refractivity contribution is 0.168. The van der Waals surface area contributed by atoms with Crippen molar-refractivity contribution in [3.63, 3.8) is 0 Å². The van der Waals surface area contributed by atoms with E-state index in [2.05, 4.69) is 21.8 Å². The Labute approximate surface area is 131 Å². The summed E-state index contributed by atoms with van der Waals surface area (Å²) in [4.78, 5) is 4.48. The molecule has 2 unspecified atom stereocenters. The molecule has 2 rings (SSSR count). The number of hydrogen-bond donors (Lipinski definition) is 1. The van der Waals surface area contributed by atoms with Crippen molar-refractivity contribution in [2.24, 2.45) is 0 Å². The van der Waals surface area contributed by atoms with Crippen LogP contribution in [-0.4, -0.2) is 22.7 Å². The first-order valence-corrected chi connectivity index (χ1v) is 7.64. The van der Waals surface area contributed by atoms with Gasteiger partial charge in [-0.05, 0) is 38.6 Å². The molecule has 0 radical (unpaired) electrons. The molecule has 0 saturated heterocycles. The van der Waals surface area contributed by atoms with E-state index in [0.29, 0.717) is 5.02 Å².